The number of nitrogen functional groups attached to an aromatic ring is 1. The number of carbonyl (C=O) groups excluding carboxylic acids is 1. The van der Waals surface area contributed by atoms with Crippen LogP contribution in [0.3, 0.4) is 0 Å². The third-order valence-corrected chi connectivity index (χ3v) is 2.98. The van der Waals surface area contributed by atoms with Crippen LogP contribution in [-0.2, 0) is 0 Å². The largest absolute Gasteiger partial charge is 0.397 e. The number of amides is 1. The van der Waals surface area contributed by atoms with Crippen LogP contribution in [0.1, 0.15) is 37.2 Å². The summed E-state index contributed by atoms with van der Waals surface area (Å²) < 4.78 is 0. The Morgan fingerprint density at radius 1 is 1.56 bits per heavy atom. The normalized spacial score (nSPS) is 11.4. The first-order valence-electron chi connectivity index (χ1n) is 5.44. The molecular weight excluding hydrogens is 206 g/mol. The number of nitrogens with two attached hydrogens (primary N) is 1. The van der Waals surface area contributed by atoms with Crippen molar-refractivity contribution >= 4 is 11.6 Å². The van der Waals surface area contributed by atoms with Gasteiger partial charge in [0.2, 0.25) is 0 Å². The summed E-state index contributed by atoms with van der Waals surface area (Å²) >= 11 is 0. The summed E-state index contributed by atoms with van der Waals surface area (Å²) in [5, 5.41) is 12.2. The van der Waals surface area contributed by atoms with Crippen molar-refractivity contribution in [1.82, 2.24) is 10.3 Å². The van der Waals surface area contributed by atoms with Gasteiger partial charge in [-0.3, -0.25) is 4.79 Å². The summed E-state index contributed by atoms with van der Waals surface area (Å²) in [7, 11) is 0. The van der Waals surface area contributed by atoms with Crippen molar-refractivity contribution in [2.45, 2.75) is 32.2 Å². The van der Waals surface area contributed by atoms with E-state index >= 15 is 0 Å². The number of aliphatic hydroxyl groups excluding tert-OH is 1. The molecule has 0 saturated heterocycles. The molecule has 5 nitrogen and oxygen atoms in total. The number of H-pyrrole nitrogens is 1. The van der Waals surface area contributed by atoms with Gasteiger partial charge >= 0.3 is 0 Å². The van der Waals surface area contributed by atoms with Crippen LogP contribution in [0, 0.1) is 0 Å². The molecule has 1 rings (SSSR count). The Balaban J connectivity index is 2.76. The maximum absolute atomic E-state index is 11.8. The summed E-state index contributed by atoms with van der Waals surface area (Å²) in [4.78, 5) is 14.6. The minimum absolute atomic E-state index is 0.0675. The number of hydrogen-bond acceptors (Lipinski definition) is 3. The summed E-state index contributed by atoms with van der Waals surface area (Å²) in [6.07, 6.45) is 2.93. The average Bonchev–Trinajstić information content (AvgIpc) is 2.73. The van der Waals surface area contributed by atoms with Gasteiger partial charge < -0.3 is 21.1 Å². The fourth-order valence-corrected chi connectivity index (χ4v) is 1.54. The molecule has 0 spiro atoms. The van der Waals surface area contributed by atoms with E-state index in [-0.39, 0.29) is 12.5 Å². The van der Waals surface area contributed by atoms with E-state index in [1.165, 1.54) is 0 Å². The molecule has 90 valence electrons. The first-order valence-corrected chi connectivity index (χ1v) is 5.44. The molecule has 1 aromatic rings. The average molecular weight is 225 g/mol. The fraction of sp³-hybridized carbons (Fsp3) is 0.545. The smallest absolute Gasteiger partial charge is 0.268 e. The fourth-order valence-electron chi connectivity index (χ4n) is 1.54. The van der Waals surface area contributed by atoms with Gasteiger partial charge in [-0.2, -0.15) is 0 Å². The molecule has 16 heavy (non-hydrogen) atoms. The second-order valence-electron chi connectivity index (χ2n) is 3.95. The van der Waals surface area contributed by atoms with Crippen LogP contribution >= 0.6 is 0 Å². The van der Waals surface area contributed by atoms with E-state index in [1.54, 1.807) is 12.3 Å². The van der Waals surface area contributed by atoms with Crippen molar-refractivity contribution in [1.29, 1.82) is 0 Å². The Labute approximate surface area is 95.0 Å². The Bertz CT molecular complexity index is 348. The zero-order valence-electron chi connectivity index (χ0n) is 9.71. The van der Waals surface area contributed by atoms with Gasteiger partial charge in [0.25, 0.3) is 5.91 Å². The SMILES string of the molecule is CCC(CC)(CO)NC(=O)c1cc(N)c[nH]1. The molecule has 5 heteroatoms. The molecule has 0 aliphatic heterocycles. The van der Waals surface area contributed by atoms with Crippen molar-refractivity contribution in [2.24, 2.45) is 0 Å². The van der Waals surface area contributed by atoms with Crippen LogP contribution in [0.25, 0.3) is 0 Å². The molecule has 0 bridgehead atoms. The predicted octanol–water partition coefficient (Wildman–Crippen LogP) is 0.878. The van der Waals surface area contributed by atoms with Gasteiger partial charge in [0.05, 0.1) is 12.1 Å². The highest BCUT2D eigenvalue weighted by Crippen LogP contribution is 2.15. The number of hydrogen-bond donors (Lipinski definition) is 4. The number of anilines is 1. The molecule has 1 aromatic heterocycles. The first kappa shape index (κ1) is 12.6. The minimum atomic E-state index is -0.545. The highest BCUT2D eigenvalue weighted by atomic mass is 16.3. The molecule has 0 saturated carbocycles. The van der Waals surface area contributed by atoms with Gasteiger partial charge in [-0.15, -0.1) is 0 Å². The van der Waals surface area contributed by atoms with Gasteiger partial charge in [-0.25, -0.2) is 0 Å². The molecule has 0 aliphatic carbocycles. The number of rotatable bonds is 5. The second kappa shape index (κ2) is 5.03. The molecule has 0 aliphatic rings. The van der Waals surface area contributed by atoms with Crippen LogP contribution in [0.5, 0.6) is 0 Å². The minimum Gasteiger partial charge on any atom is -0.397 e. The number of nitrogens with one attached hydrogen (secondary N) is 2. The van der Waals surface area contributed by atoms with E-state index in [0.29, 0.717) is 24.2 Å². The molecule has 5 N–H and O–H groups in total. The zero-order chi connectivity index (χ0) is 12.2. The lowest BCUT2D eigenvalue weighted by Crippen LogP contribution is -2.50. The van der Waals surface area contributed by atoms with E-state index in [2.05, 4.69) is 10.3 Å². The van der Waals surface area contributed by atoms with E-state index in [0.717, 1.165) is 0 Å². The van der Waals surface area contributed by atoms with Crippen molar-refractivity contribution < 1.29 is 9.90 Å². The van der Waals surface area contributed by atoms with Gasteiger partial charge in [0, 0.05) is 11.9 Å². The van der Waals surface area contributed by atoms with Gasteiger partial charge in [0.1, 0.15) is 5.69 Å². The van der Waals surface area contributed by atoms with Crippen LogP contribution < -0.4 is 11.1 Å². The third kappa shape index (κ3) is 2.55. The summed E-state index contributed by atoms with van der Waals surface area (Å²) in [6, 6.07) is 1.57. The number of aromatic nitrogens is 1. The highest BCUT2D eigenvalue weighted by Gasteiger charge is 2.27. The monoisotopic (exact) mass is 225 g/mol. The lowest BCUT2D eigenvalue weighted by Gasteiger charge is -2.30. The van der Waals surface area contributed by atoms with E-state index in [1.807, 2.05) is 13.8 Å². The number of aliphatic hydroxyl groups is 1. The van der Waals surface area contributed by atoms with Crippen LogP contribution in [0.4, 0.5) is 5.69 Å². The van der Waals surface area contributed by atoms with Crippen LogP contribution in [0.15, 0.2) is 12.3 Å². The third-order valence-electron chi connectivity index (χ3n) is 2.98. The Hall–Kier alpha value is -1.49. The quantitative estimate of drug-likeness (QED) is 0.599. The van der Waals surface area contributed by atoms with E-state index < -0.39 is 5.54 Å². The maximum atomic E-state index is 11.8. The lowest BCUT2D eigenvalue weighted by atomic mass is 9.94. The molecule has 0 atom stereocenters. The standard InChI is InChI=1S/C11H19N3O2/c1-3-11(4-2,7-15)14-10(16)9-5-8(12)6-13-9/h5-6,13,15H,3-4,7,12H2,1-2H3,(H,14,16). The molecule has 0 unspecified atom stereocenters. The lowest BCUT2D eigenvalue weighted by molar-refractivity contribution is 0.0813. The Morgan fingerprint density at radius 3 is 2.56 bits per heavy atom. The summed E-state index contributed by atoms with van der Waals surface area (Å²) in [6.45, 7) is 3.80. The van der Waals surface area contributed by atoms with Gasteiger partial charge in [-0.05, 0) is 18.9 Å². The zero-order valence-corrected chi connectivity index (χ0v) is 9.71. The van der Waals surface area contributed by atoms with Crippen molar-refractivity contribution in [3.8, 4) is 0 Å². The van der Waals surface area contributed by atoms with E-state index in [9.17, 15) is 9.90 Å². The molecule has 1 heterocycles. The van der Waals surface area contributed by atoms with Gasteiger partial charge in [0.15, 0.2) is 0 Å². The molecule has 1 amide bonds. The predicted molar refractivity (Wildman–Crippen MR) is 63.1 cm³/mol. The number of carbonyl (C=O) groups is 1. The van der Waals surface area contributed by atoms with Crippen LogP contribution in [0.2, 0.25) is 0 Å². The first-order chi connectivity index (χ1) is 7.56. The molecule has 0 aromatic carbocycles. The number of aromatic amines is 1. The topological polar surface area (TPSA) is 91.1 Å². The summed E-state index contributed by atoms with van der Waals surface area (Å²) in [5.74, 6) is -0.241. The summed E-state index contributed by atoms with van der Waals surface area (Å²) in [5.41, 5.74) is 5.91. The molecule has 0 fully saturated rings. The highest BCUT2D eigenvalue weighted by molar-refractivity contribution is 5.93. The van der Waals surface area contributed by atoms with Crippen molar-refractivity contribution in [3.05, 3.63) is 18.0 Å². The molecule has 0 radical (unpaired) electrons. The Morgan fingerprint density at radius 2 is 2.19 bits per heavy atom. The maximum Gasteiger partial charge on any atom is 0.268 e. The van der Waals surface area contributed by atoms with Crippen molar-refractivity contribution in [2.75, 3.05) is 12.3 Å². The molecular formula is C11H19N3O2. The van der Waals surface area contributed by atoms with Gasteiger partial charge in [-0.1, -0.05) is 13.8 Å². The van der Waals surface area contributed by atoms with Crippen molar-refractivity contribution in [3.63, 3.8) is 0 Å². The van der Waals surface area contributed by atoms with Crippen LogP contribution in [-0.4, -0.2) is 28.1 Å². The van der Waals surface area contributed by atoms with E-state index in [4.69, 9.17) is 5.73 Å². The second-order valence-corrected chi connectivity index (χ2v) is 3.95. The Kier molecular flexibility index (Phi) is 3.95.